The van der Waals surface area contributed by atoms with Gasteiger partial charge in [0.2, 0.25) is 10.0 Å². The maximum atomic E-state index is 11.9. The van der Waals surface area contributed by atoms with Gasteiger partial charge in [0.05, 0.1) is 5.25 Å². The third-order valence-electron chi connectivity index (χ3n) is 3.75. The van der Waals surface area contributed by atoms with Crippen molar-refractivity contribution in [2.45, 2.75) is 57.2 Å². The van der Waals surface area contributed by atoms with Gasteiger partial charge in [0.25, 0.3) is 0 Å². The van der Waals surface area contributed by atoms with Gasteiger partial charge in [-0.05, 0) is 44.4 Å². The van der Waals surface area contributed by atoms with E-state index >= 15 is 0 Å². The van der Waals surface area contributed by atoms with E-state index in [1.54, 1.807) is 0 Å². The summed E-state index contributed by atoms with van der Waals surface area (Å²) >= 11 is 0. The predicted octanol–water partition coefficient (Wildman–Crippen LogP) is 1.85. The zero-order chi connectivity index (χ0) is 11.3. The molecule has 0 amide bonds. The second-order valence-electron chi connectivity index (χ2n) is 5.32. The van der Waals surface area contributed by atoms with E-state index in [0.717, 1.165) is 25.7 Å². The average Bonchev–Trinajstić information content (AvgIpc) is 2.96. The molecule has 0 aliphatic heterocycles. The van der Waals surface area contributed by atoms with Crippen molar-refractivity contribution in [2.24, 2.45) is 5.92 Å². The molecule has 2 aliphatic carbocycles. The van der Waals surface area contributed by atoms with Crippen LogP contribution < -0.4 is 4.72 Å². The van der Waals surface area contributed by atoms with Crippen LogP contribution in [0.3, 0.4) is 0 Å². The van der Waals surface area contributed by atoms with Crippen molar-refractivity contribution in [3.63, 3.8) is 0 Å². The first kappa shape index (κ1) is 11.4. The van der Waals surface area contributed by atoms with Gasteiger partial charge in [0, 0.05) is 5.54 Å². The number of nitrogens with one attached hydrogen (secondary N) is 1. The normalized spacial score (nSPS) is 26.7. The fourth-order valence-corrected chi connectivity index (χ4v) is 3.90. The minimum atomic E-state index is -3.07. The molecule has 0 bridgehead atoms. The van der Waals surface area contributed by atoms with Crippen molar-refractivity contribution in [1.29, 1.82) is 0 Å². The molecule has 1 unspecified atom stereocenters. The molecule has 3 nitrogen and oxygen atoms in total. The van der Waals surface area contributed by atoms with Crippen LogP contribution in [0.5, 0.6) is 0 Å². The molecular formula is C11H20NO2S. The van der Waals surface area contributed by atoms with Gasteiger partial charge < -0.3 is 0 Å². The second-order valence-corrected chi connectivity index (χ2v) is 7.28. The molecule has 0 aromatic carbocycles. The molecule has 87 valence electrons. The summed E-state index contributed by atoms with van der Waals surface area (Å²) in [5.41, 5.74) is -0.304. The maximum Gasteiger partial charge on any atom is 0.215 e. The summed E-state index contributed by atoms with van der Waals surface area (Å²) in [5, 5.41) is -0.116. The molecular weight excluding hydrogens is 210 g/mol. The lowest BCUT2D eigenvalue weighted by Crippen LogP contribution is -2.51. The minimum Gasteiger partial charge on any atom is -0.212 e. The van der Waals surface area contributed by atoms with Crippen molar-refractivity contribution < 1.29 is 8.42 Å². The molecule has 2 aliphatic rings. The largest absolute Gasteiger partial charge is 0.215 e. The summed E-state index contributed by atoms with van der Waals surface area (Å²) in [4.78, 5) is 0. The quantitative estimate of drug-likeness (QED) is 0.783. The number of sulfonamides is 1. The highest BCUT2D eigenvalue weighted by Gasteiger charge is 2.48. The molecule has 2 fully saturated rings. The van der Waals surface area contributed by atoms with Crippen LogP contribution in [0, 0.1) is 11.8 Å². The molecule has 4 heteroatoms. The Bertz CT molecular complexity index is 338. The summed E-state index contributed by atoms with van der Waals surface area (Å²) in [6.07, 6.45) is 3.96. The fraction of sp³-hybridized carbons (Fsp3) is 0.909. The lowest BCUT2D eigenvalue weighted by Gasteiger charge is -2.34. The molecule has 1 radical (unpaired) electrons. The summed E-state index contributed by atoms with van der Waals surface area (Å²) in [6, 6.07) is 0. The van der Waals surface area contributed by atoms with Gasteiger partial charge in [-0.25, -0.2) is 13.1 Å². The Morgan fingerprint density at radius 3 is 2.07 bits per heavy atom. The molecule has 0 heterocycles. The highest BCUT2D eigenvalue weighted by atomic mass is 32.2. The van der Waals surface area contributed by atoms with E-state index in [0.29, 0.717) is 5.92 Å². The third kappa shape index (κ3) is 2.21. The average molecular weight is 230 g/mol. The molecule has 1 N–H and O–H groups in total. The van der Waals surface area contributed by atoms with Crippen LogP contribution in [0.4, 0.5) is 0 Å². The highest BCUT2D eigenvalue weighted by molar-refractivity contribution is 7.90. The predicted molar refractivity (Wildman–Crippen MR) is 60.8 cm³/mol. The number of rotatable bonds is 5. The summed E-state index contributed by atoms with van der Waals surface area (Å²) in [6.45, 7) is 6.07. The molecule has 1 atom stereocenters. The van der Waals surface area contributed by atoms with E-state index in [4.69, 9.17) is 0 Å². The monoisotopic (exact) mass is 230 g/mol. The Hall–Kier alpha value is -0.0900. The number of hydrogen-bond donors (Lipinski definition) is 1. The Labute approximate surface area is 92.7 Å². The topological polar surface area (TPSA) is 46.2 Å². The van der Waals surface area contributed by atoms with Crippen LogP contribution in [-0.2, 0) is 10.0 Å². The van der Waals surface area contributed by atoms with Crippen molar-refractivity contribution in [3.8, 4) is 0 Å². The first-order valence-electron chi connectivity index (χ1n) is 5.69. The van der Waals surface area contributed by atoms with Gasteiger partial charge >= 0.3 is 0 Å². The first-order chi connectivity index (χ1) is 6.86. The highest BCUT2D eigenvalue weighted by Crippen LogP contribution is 2.45. The van der Waals surface area contributed by atoms with Crippen LogP contribution in [0.1, 0.15) is 46.5 Å². The van der Waals surface area contributed by atoms with Crippen molar-refractivity contribution in [1.82, 2.24) is 4.72 Å². The lowest BCUT2D eigenvalue weighted by atomic mass is 9.85. The van der Waals surface area contributed by atoms with E-state index in [-0.39, 0.29) is 10.8 Å². The number of hydrogen-bond acceptors (Lipinski definition) is 2. The standard InChI is InChI=1S/C11H20NO2S/c1-8(2)11(3,9-4-5-9)12-15(13,14)10-6-7-10/h9-10,12H,4-7H2,1-3H3. The fourth-order valence-electron chi connectivity index (χ4n) is 2.01. The van der Waals surface area contributed by atoms with E-state index < -0.39 is 10.0 Å². The lowest BCUT2D eigenvalue weighted by molar-refractivity contribution is 0.382. The van der Waals surface area contributed by atoms with Gasteiger partial charge in [-0.2, -0.15) is 0 Å². The third-order valence-corrected chi connectivity index (χ3v) is 5.81. The van der Waals surface area contributed by atoms with Gasteiger partial charge in [-0.1, -0.05) is 13.8 Å². The summed E-state index contributed by atoms with van der Waals surface area (Å²) < 4.78 is 26.8. The Morgan fingerprint density at radius 2 is 1.73 bits per heavy atom. The van der Waals surface area contributed by atoms with Gasteiger partial charge in [-0.15, -0.1) is 0 Å². The zero-order valence-electron chi connectivity index (χ0n) is 9.71. The molecule has 0 aromatic heterocycles. The van der Waals surface area contributed by atoms with Crippen LogP contribution in [0.15, 0.2) is 0 Å². The van der Waals surface area contributed by atoms with Crippen molar-refractivity contribution >= 4 is 10.0 Å². The molecule has 2 rings (SSSR count). The molecule has 2 saturated carbocycles. The van der Waals surface area contributed by atoms with Crippen LogP contribution in [0.25, 0.3) is 0 Å². The van der Waals surface area contributed by atoms with Crippen LogP contribution >= 0.6 is 0 Å². The second kappa shape index (κ2) is 3.45. The smallest absolute Gasteiger partial charge is 0.212 e. The van der Waals surface area contributed by atoms with E-state index in [1.807, 2.05) is 20.8 Å². The zero-order valence-corrected chi connectivity index (χ0v) is 10.5. The molecule has 0 aromatic rings. The van der Waals surface area contributed by atoms with Crippen LogP contribution in [0.2, 0.25) is 0 Å². The van der Waals surface area contributed by atoms with E-state index in [2.05, 4.69) is 4.72 Å². The first-order valence-corrected chi connectivity index (χ1v) is 7.24. The van der Waals surface area contributed by atoms with Crippen molar-refractivity contribution in [3.05, 3.63) is 5.92 Å². The Balaban J connectivity index is 2.12. The Kier molecular flexibility index (Phi) is 2.62. The van der Waals surface area contributed by atoms with Crippen LogP contribution in [-0.4, -0.2) is 19.2 Å². The maximum absolute atomic E-state index is 11.9. The van der Waals surface area contributed by atoms with Gasteiger partial charge in [-0.3, -0.25) is 0 Å². The summed E-state index contributed by atoms with van der Waals surface area (Å²) in [5.74, 6) is 1.69. The van der Waals surface area contributed by atoms with Crippen molar-refractivity contribution in [2.75, 3.05) is 0 Å². The Morgan fingerprint density at radius 1 is 1.20 bits per heavy atom. The van der Waals surface area contributed by atoms with E-state index in [1.165, 1.54) is 5.92 Å². The SMILES string of the molecule is C[C](C)C(C)(NS(=O)(=O)C1CC1)C1CC1. The molecule has 0 saturated heterocycles. The van der Waals surface area contributed by atoms with Gasteiger partial charge in [0.15, 0.2) is 0 Å². The minimum absolute atomic E-state index is 0.116. The summed E-state index contributed by atoms with van der Waals surface area (Å²) in [7, 11) is -3.07. The molecule has 0 spiro atoms. The van der Waals surface area contributed by atoms with E-state index in [9.17, 15) is 8.42 Å². The molecule has 15 heavy (non-hydrogen) atoms. The van der Waals surface area contributed by atoms with Gasteiger partial charge in [0.1, 0.15) is 0 Å².